The Morgan fingerprint density at radius 3 is 2.44 bits per heavy atom. The number of halogens is 3. The maximum absolute atomic E-state index is 13.3. The minimum atomic E-state index is -4.44. The van der Waals surface area contributed by atoms with Crippen LogP contribution in [0.1, 0.15) is 30.9 Å². The zero-order chi connectivity index (χ0) is 19.6. The van der Waals surface area contributed by atoms with Gasteiger partial charge in [-0.2, -0.15) is 13.2 Å². The smallest absolute Gasteiger partial charge is 0.416 e. The van der Waals surface area contributed by atoms with Gasteiger partial charge in [0.1, 0.15) is 5.75 Å². The first-order valence-corrected chi connectivity index (χ1v) is 8.97. The van der Waals surface area contributed by atoms with Crippen LogP contribution in [0.25, 0.3) is 11.1 Å². The summed E-state index contributed by atoms with van der Waals surface area (Å²) in [7, 11) is 1.53. The molecule has 6 heteroatoms. The predicted octanol–water partition coefficient (Wildman–Crippen LogP) is 5.14. The SMILES string of the molecule is CCN(Cc1cc(C(F)(F)F)ccc1-c1ccccc1OC)C(=O)C1CC1. The van der Waals surface area contributed by atoms with Gasteiger partial charge in [-0.1, -0.05) is 24.3 Å². The van der Waals surface area contributed by atoms with Gasteiger partial charge in [-0.25, -0.2) is 0 Å². The van der Waals surface area contributed by atoms with Gasteiger partial charge in [-0.05, 0) is 49.1 Å². The Morgan fingerprint density at radius 2 is 1.85 bits per heavy atom. The molecule has 3 rings (SSSR count). The summed E-state index contributed by atoms with van der Waals surface area (Å²) in [5.41, 5.74) is 1.09. The van der Waals surface area contributed by atoms with E-state index in [1.807, 2.05) is 19.1 Å². The number of hydrogen-bond acceptors (Lipinski definition) is 2. The summed E-state index contributed by atoms with van der Waals surface area (Å²) >= 11 is 0. The van der Waals surface area contributed by atoms with E-state index < -0.39 is 11.7 Å². The topological polar surface area (TPSA) is 29.5 Å². The highest BCUT2D eigenvalue weighted by Gasteiger charge is 2.34. The Morgan fingerprint density at radius 1 is 1.15 bits per heavy atom. The van der Waals surface area contributed by atoms with E-state index in [1.54, 1.807) is 17.0 Å². The zero-order valence-corrected chi connectivity index (χ0v) is 15.3. The fourth-order valence-electron chi connectivity index (χ4n) is 3.17. The molecule has 0 unspecified atom stereocenters. The van der Waals surface area contributed by atoms with Gasteiger partial charge < -0.3 is 9.64 Å². The van der Waals surface area contributed by atoms with Crippen LogP contribution in [0.5, 0.6) is 5.75 Å². The van der Waals surface area contributed by atoms with Gasteiger partial charge in [0.2, 0.25) is 5.91 Å². The van der Waals surface area contributed by atoms with Crippen molar-refractivity contribution in [2.45, 2.75) is 32.5 Å². The fourth-order valence-corrected chi connectivity index (χ4v) is 3.17. The Bertz CT molecular complexity index is 828. The van der Waals surface area contributed by atoms with Crippen LogP contribution in [0.3, 0.4) is 0 Å². The molecule has 1 fully saturated rings. The lowest BCUT2D eigenvalue weighted by Gasteiger charge is -2.24. The Labute approximate surface area is 156 Å². The van der Waals surface area contributed by atoms with Crippen LogP contribution in [-0.4, -0.2) is 24.5 Å². The molecule has 1 aliphatic rings. The van der Waals surface area contributed by atoms with E-state index in [9.17, 15) is 18.0 Å². The van der Waals surface area contributed by atoms with Gasteiger partial charge in [0, 0.05) is 24.6 Å². The molecule has 27 heavy (non-hydrogen) atoms. The van der Waals surface area contributed by atoms with E-state index in [2.05, 4.69) is 0 Å². The molecule has 3 nitrogen and oxygen atoms in total. The normalized spacial score (nSPS) is 14.1. The molecule has 0 bridgehead atoms. The summed E-state index contributed by atoms with van der Waals surface area (Å²) < 4.78 is 45.2. The second-order valence-electron chi connectivity index (χ2n) is 6.70. The molecule has 144 valence electrons. The molecule has 0 atom stereocenters. The Balaban J connectivity index is 2.06. The minimum absolute atomic E-state index is 0.0147. The lowest BCUT2D eigenvalue weighted by atomic mass is 9.96. The van der Waals surface area contributed by atoms with Gasteiger partial charge in [-0.3, -0.25) is 4.79 Å². The maximum Gasteiger partial charge on any atom is 0.416 e. The van der Waals surface area contributed by atoms with E-state index in [1.165, 1.54) is 13.2 Å². The van der Waals surface area contributed by atoms with Crippen molar-refractivity contribution in [2.75, 3.05) is 13.7 Å². The van der Waals surface area contributed by atoms with Crippen LogP contribution >= 0.6 is 0 Å². The number of nitrogens with zero attached hydrogens (tertiary/aromatic N) is 1. The zero-order valence-electron chi connectivity index (χ0n) is 15.3. The molecule has 0 radical (unpaired) electrons. The monoisotopic (exact) mass is 377 g/mol. The van der Waals surface area contributed by atoms with Crippen molar-refractivity contribution in [1.82, 2.24) is 4.90 Å². The van der Waals surface area contributed by atoms with Crippen molar-refractivity contribution in [1.29, 1.82) is 0 Å². The molecule has 0 aliphatic heterocycles. The maximum atomic E-state index is 13.3. The minimum Gasteiger partial charge on any atom is -0.496 e. The first kappa shape index (κ1) is 19.3. The second-order valence-corrected chi connectivity index (χ2v) is 6.70. The summed E-state index contributed by atoms with van der Waals surface area (Å²) in [6.07, 6.45) is -2.72. The van der Waals surface area contributed by atoms with E-state index in [4.69, 9.17) is 4.74 Å². The molecule has 0 heterocycles. The van der Waals surface area contributed by atoms with E-state index in [0.29, 0.717) is 29.0 Å². The number of amides is 1. The molecule has 1 saturated carbocycles. The average molecular weight is 377 g/mol. The number of alkyl halides is 3. The lowest BCUT2D eigenvalue weighted by Crippen LogP contribution is -2.31. The van der Waals surface area contributed by atoms with Gasteiger partial charge in [0.25, 0.3) is 0 Å². The third kappa shape index (κ3) is 4.26. The van der Waals surface area contributed by atoms with E-state index >= 15 is 0 Å². The predicted molar refractivity (Wildman–Crippen MR) is 97.2 cm³/mol. The Hall–Kier alpha value is -2.50. The van der Waals surface area contributed by atoms with Gasteiger partial charge in [0.05, 0.1) is 12.7 Å². The van der Waals surface area contributed by atoms with Crippen LogP contribution in [0.15, 0.2) is 42.5 Å². The summed E-state index contributed by atoms with van der Waals surface area (Å²) in [6.45, 7) is 2.44. The molecule has 0 aromatic heterocycles. The first-order chi connectivity index (χ1) is 12.8. The molecule has 1 aliphatic carbocycles. The van der Waals surface area contributed by atoms with E-state index in [-0.39, 0.29) is 18.4 Å². The molecule has 2 aromatic rings. The van der Waals surface area contributed by atoms with Crippen LogP contribution in [0, 0.1) is 5.92 Å². The number of carbonyl (C=O) groups excluding carboxylic acids is 1. The van der Waals surface area contributed by atoms with Gasteiger partial charge in [0.15, 0.2) is 0 Å². The van der Waals surface area contributed by atoms with Crippen molar-refractivity contribution < 1.29 is 22.7 Å². The molecule has 1 amide bonds. The van der Waals surface area contributed by atoms with Gasteiger partial charge in [-0.15, -0.1) is 0 Å². The highest BCUT2D eigenvalue weighted by atomic mass is 19.4. The van der Waals surface area contributed by atoms with Crippen molar-refractivity contribution in [2.24, 2.45) is 5.92 Å². The average Bonchev–Trinajstić information content (AvgIpc) is 3.50. The summed E-state index contributed by atoms with van der Waals surface area (Å²) in [5.74, 6) is 0.612. The summed E-state index contributed by atoms with van der Waals surface area (Å²) in [4.78, 5) is 14.1. The molecule has 0 saturated heterocycles. The summed E-state index contributed by atoms with van der Waals surface area (Å²) in [6, 6.07) is 10.9. The summed E-state index contributed by atoms with van der Waals surface area (Å²) in [5, 5.41) is 0. The van der Waals surface area contributed by atoms with Crippen LogP contribution in [0.2, 0.25) is 0 Å². The van der Waals surface area contributed by atoms with Crippen LogP contribution in [-0.2, 0) is 17.5 Å². The number of para-hydroxylation sites is 1. The van der Waals surface area contributed by atoms with Crippen molar-refractivity contribution >= 4 is 5.91 Å². The highest BCUT2D eigenvalue weighted by molar-refractivity contribution is 5.81. The molecule has 0 N–H and O–H groups in total. The first-order valence-electron chi connectivity index (χ1n) is 8.97. The number of benzene rings is 2. The van der Waals surface area contributed by atoms with Gasteiger partial charge >= 0.3 is 6.18 Å². The third-order valence-corrected chi connectivity index (χ3v) is 4.81. The molecular weight excluding hydrogens is 355 g/mol. The van der Waals surface area contributed by atoms with E-state index in [0.717, 1.165) is 25.0 Å². The number of methoxy groups -OCH3 is 1. The van der Waals surface area contributed by atoms with Crippen LogP contribution in [0.4, 0.5) is 13.2 Å². The largest absolute Gasteiger partial charge is 0.496 e. The molecule has 2 aromatic carbocycles. The third-order valence-electron chi connectivity index (χ3n) is 4.81. The van der Waals surface area contributed by atoms with Crippen LogP contribution < -0.4 is 4.74 Å². The quantitative estimate of drug-likeness (QED) is 0.698. The highest BCUT2D eigenvalue weighted by Crippen LogP contribution is 2.38. The number of carbonyl (C=O) groups is 1. The molecular formula is C21H22F3NO2. The van der Waals surface area contributed by atoms with Crippen molar-refractivity contribution in [3.63, 3.8) is 0 Å². The number of rotatable bonds is 6. The number of hydrogen-bond donors (Lipinski definition) is 0. The number of ether oxygens (including phenoxy) is 1. The second kappa shape index (κ2) is 7.62. The van der Waals surface area contributed by atoms with Crippen molar-refractivity contribution in [3.05, 3.63) is 53.6 Å². The fraction of sp³-hybridized carbons (Fsp3) is 0.381. The lowest BCUT2D eigenvalue weighted by molar-refractivity contribution is -0.137. The van der Waals surface area contributed by atoms with Crippen molar-refractivity contribution in [3.8, 4) is 16.9 Å². The molecule has 0 spiro atoms. The Kier molecular flexibility index (Phi) is 5.44. The standard InChI is InChI=1S/C21H22F3NO2/c1-3-25(20(26)14-8-9-14)13-15-12-16(21(22,23)24)10-11-17(15)18-6-4-5-7-19(18)27-2/h4-7,10-12,14H,3,8-9,13H2,1-2H3.